The molecule has 0 unspecified atom stereocenters. The summed E-state index contributed by atoms with van der Waals surface area (Å²) in [5.41, 5.74) is 1.57. The number of carbonyl (C=O) groups excluding carboxylic acids is 1. The van der Waals surface area contributed by atoms with E-state index in [1.165, 1.54) is 17.8 Å². The number of hydrogen-bond donors (Lipinski definition) is 1. The van der Waals surface area contributed by atoms with Gasteiger partial charge in [0, 0.05) is 22.2 Å². The minimum Gasteiger partial charge on any atom is -0.311 e. The van der Waals surface area contributed by atoms with Gasteiger partial charge in [0.2, 0.25) is 15.9 Å². The largest absolute Gasteiger partial charge is 0.311 e. The molecule has 1 aliphatic rings. The molecule has 5 nitrogen and oxygen atoms in total. The van der Waals surface area contributed by atoms with Crippen molar-refractivity contribution in [2.45, 2.75) is 16.2 Å². The monoisotopic (exact) mass is 382 g/mol. The summed E-state index contributed by atoms with van der Waals surface area (Å²) in [5.74, 6) is 0.263. The third kappa shape index (κ3) is 3.75. The minimum atomic E-state index is -3.73. The maximum absolute atomic E-state index is 12.5. The van der Waals surface area contributed by atoms with Gasteiger partial charge in [-0.15, -0.1) is 11.8 Å². The first kappa shape index (κ1) is 17.3. The van der Waals surface area contributed by atoms with E-state index in [2.05, 4.69) is 0 Å². The highest BCUT2D eigenvalue weighted by molar-refractivity contribution is 8.00. The van der Waals surface area contributed by atoms with Crippen LogP contribution in [-0.2, 0) is 21.2 Å². The summed E-state index contributed by atoms with van der Waals surface area (Å²) in [7, 11) is -3.73. The molecule has 2 N–H and O–H groups in total. The topological polar surface area (TPSA) is 80.5 Å². The minimum absolute atomic E-state index is 0.0259. The maximum atomic E-state index is 12.5. The van der Waals surface area contributed by atoms with Crippen LogP contribution < -0.4 is 10.0 Å². The summed E-state index contributed by atoms with van der Waals surface area (Å²) in [5, 5.41) is 5.78. The molecular formula is C16H15ClN2O3S2. The maximum Gasteiger partial charge on any atom is 0.238 e. The number of halogens is 1. The zero-order valence-electron chi connectivity index (χ0n) is 12.6. The van der Waals surface area contributed by atoms with E-state index in [1.807, 2.05) is 18.2 Å². The van der Waals surface area contributed by atoms with Gasteiger partial charge in [-0.2, -0.15) is 0 Å². The van der Waals surface area contributed by atoms with Crippen molar-refractivity contribution in [1.82, 2.24) is 0 Å². The molecular weight excluding hydrogens is 368 g/mol. The van der Waals surface area contributed by atoms with Crippen molar-refractivity contribution >= 4 is 45.0 Å². The first-order chi connectivity index (χ1) is 11.3. The summed E-state index contributed by atoms with van der Waals surface area (Å²) >= 11 is 7.36. The van der Waals surface area contributed by atoms with Gasteiger partial charge in [-0.25, -0.2) is 13.6 Å². The zero-order chi connectivity index (χ0) is 17.3. The molecule has 0 saturated heterocycles. The highest BCUT2D eigenvalue weighted by Crippen LogP contribution is 2.31. The first-order valence-electron chi connectivity index (χ1n) is 7.19. The average Bonchev–Trinajstić information content (AvgIpc) is 2.95. The average molecular weight is 383 g/mol. The Balaban J connectivity index is 1.72. The predicted molar refractivity (Wildman–Crippen MR) is 96.0 cm³/mol. The van der Waals surface area contributed by atoms with E-state index < -0.39 is 10.0 Å². The van der Waals surface area contributed by atoms with E-state index in [0.29, 0.717) is 18.0 Å². The number of primary sulfonamides is 1. The fourth-order valence-electron chi connectivity index (χ4n) is 2.59. The van der Waals surface area contributed by atoms with E-state index in [1.54, 1.807) is 23.1 Å². The van der Waals surface area contributed by atoms with Crippen molar-refractivity contribution in [2.75, 3.05) is 17.2 Å². The van der Waals surface area contributed by atoms with Gasteiger partial charge in [0.15, 0.2) is 0 Å². The molecule has 1 aliphatic heterocycles. The summed E-state index contributed by atoms with van der Waals surface area (Å²) in [6.45, 7) is 0.540. The second kappa shape index (κ2) is 6.76. The Morgan fingerprint density at radius 1 is 1.25 bits per heavy atom. The van der Waals surface area contributed by atoms with Crippen LogP contribution in [0, 0.1) is 0 Å². The Hall–Kier alpha value is -1.54. The van der Waals surface area contributed by atoms with E-state index in [9.17, 15) is 13.2 Å². The van der Waals surface area contributed by atoms with Crippen LogP contribution in [0.15, 0.2) is 52.3 Å². The van der Waals surface area contributed by atoms with E-state index in [0.717, 1.165) is 16.1 Å². The van der Waals surface area contributed by atoms with Crippen molar-refractivity contribution in [1.29, 1.82) is 0 Å². The van der Waals surface area contributed by atoms with Gasteiger partial charge in [-0.1, -0.05) is 17.7 Å². The lowest BCUT2D eigenvalue weighted by molar-refractivity contribution is -0.116. The van der Waals surface area contributed by atoms with Crippen LogP contribution >= 0.6 is 23.4 Å². The fourth-order valence-corrected chi connectivity index (χ4v) is 4.24. The van der Waals surface area contributed by atoms with Crippen molar-refractivity contribution < 1.29 is 13.2 Å². The number of benzene rings is 2. The molecule has 0 radical (unpaired) electrons. The molecule has 3 rings (SSSR count). The SMILES string of the molecule is NS(=O)(=O)c1ccc2c(c1)CCN2C(=O)CSc1cccc(Cl)c1. The number of thioether (sulfide) groups is 1. The van der Waals surface area contributed by atoms with Gasteiger partial charge in [-0.3, -0.25) is 4.79 Å². The highest BCUT2D eigenvalue weighted by Gasteiger charge is 2.25. The smallest absolute Gasteiger partial charge is 0.238 e. The van der Waals surface area contributed by atoms with Crippen LogP contribution in [0.2, 0.25) is 5.02 Å². The molecule has 24 heavy (non-hydrogen) atoms. The number of anilines is 1. The molecule has 0 saturated carbocycles. The molecule has 126 valence electrons. The lowest BCUT2D eigenvalue weighted by Crippen LogP contribution is -2.30. The van der Waals surface area contributed by atoms with Crippen LogP contribution in [0.5, 0.6) is 0 Å². The molecule has 1 amide bonds. The number of nitrogens with two attached hydrogens (primary N) is 1. The summed E-state index contributed by atoms with van der Waals surface area (Å²) in [6.07, 6.45) is 0.617. The van der Waals surface area contributed by atoms with Crippen molar-refractivity contribution in [2.24, 2.45) is 5.14 Å². The lowest BCUT2D eigenvalue weighted by Gasteiger charge is -2.17. The second-order valence-electron chi connectivity index (χ2n) is 5.38. The number of rotatable bonds is 4. The summed E-state index contributed by atoms with van der Waals surface area (Å²) < 4.78 is 22.8. The Morgan fingerprint density at radius 2 is 2.04 bits per heavy atom. The molecule has 0 spiro atoms. The van der Waals surface area contributed by atoms with Crippen molar-refractivity contribution in [3.63, 3.8) is 0 Å². The normalized spacial score (nSPS) is 13.8. The Kier molecular flexibility index (Phi) is 4.87. The van der Waals surface area contributed by atoms with Crippen LogP contribution in [0.1, 0.15) is 5.56 Å². The number of nitrogens with zero attached hydrogens (tertiary/aromatic N) is 1. The summed E-state index contributed by atoms with van der Waals surface area (Å²) in [6, 6.07) is 12.0. The first-order valence-corrected chi connectivity index (χ1v) is 10.1. The molecule has 0 aromatic heterocycles. The van der Waals surface area contributed by atoms with Crippen LogP contribution in [0.4, 0.5) is 5.69 Å². The number of hydrogen-bond acceptors (Lipinski definition) is 4. The molecule has 2 aromatic carbocycles. The second-order valence-corrected chi connectivity index (χ2v) is 8.42. The van der Waals surface area contributed by atoms with E-state index in [4.69, 9.17) is 16.7 Å². The molecule has 0 aliphatic carbocycles. The summed E-state index contributed by atoms with van der Waals surface area (Å²) in [4.78, 5) is 15.2. The molecule has 2 aromatic rings. The Bertz CT molecular complexity index is 900. The number of fused-ring (bicyclic) bond motifs is 1. The Morgan fingerprint density at radius 3 is 2.75 bits per heavy atom. The quantitative estimate of drug-likeness (QED) is 0.824. The molecule has 1 heterocycles. The molecule has 0 atom stereocenters. The lowest BCUT2D eigenvalue weighted by atomic mass is 10.2. The molecule has 0 bridgehead atoms. The van der Waals surface area contributed by atoms with Crippen molar-refractivity contribution in [3.05, 3.63) is 53.1 Å². The highest BCUT2D eigenvalue weighted by atomic mass is 35.5. The zero-order valence-corrected chi connectivity index (χ0v) is 15.0. The van der Waals surface area contributed by atoms with Crippen LogP contribution in [0.3, 0.4) is 0 Å². The van der Waals surface area contributed by atoms with Gasteiger partial charge in [0.05, 0.1) is 10.6 Å². The van der Waals surface area contributed by atoms with Crippen molar-refractivity contribution in [3.8, 4) is 0 Å². The van der Waals surface area contributed by atoms with Gasteiger partial charge < -0.3 is 4.90 Å². The number of amides is 1. The van der Waals surface area contributed by atoms with Crippen LogP contribution in [0.25, 0.3) is 0 Å². The standard InChI is InChI=1S/C16H15ClN2O3S2/c17-12-2-1-3-13(9-12)23-10-16(20)19-7-6-11-8-14(24(18,21)22)4-5-15(11)19/h1-5,8-9H,6-7,10H2,(H2,18,21,22). The fraction of sp³-hybridized carbons (Fsp3) is 0.188. The third-order valence-electron chi connectivity index (χ3n) is 3.73. The molecule has 8 heteroatoms. The van der Waals surface area contributed by atoms with E-state index in [-0.39, 0.29) is 16.6 Å². The predicted octanol–water partition coefficient (Wildman–Crippen LogP) is 2.67. The number of sulfonamides is 1. The van der Waals surface area contributed by atoms with Gasteiger partial charge in [-0.05, 0) is 48.4 Å². The van der Waals surface area contributed by atoms with Gasteiger partial charge in [0.1, 0.15) is 0 Å². The van der Waals surface area contributed by atoms with Gasteiger partial charge >= 0.3 is 0 Å². The van der Waals surface area contributed by atoms with E-state index >= 15 is 0 Å². The number of carbonyl (C=O) groups is 1. The Labute approximate surface area is 149 Å². The van der Waals surface area contributed by atoms with Crippen LogP contribution in [-0.4, -0.2) is 26.6 Å². The van der Waals surface area contributed by atoms with Gasteiger partial charge in [0.25, 0.3) is 0 Å². The molecule has 0 fully saturated rings. The third-order valence-corrected chi connectivity index (χ3v) is 5.86.